The summed E-state index contributed by atoms with van der Waals surface area (Å²) in [7, 11) is 0. The highest BCUT2D eigenvalue weighted by molar-refractivity contribution is 8.01. The molecular weight excluding hydrogens is 164 g/mol. The first-order chi connectivity index (χ1) is 5.09. The van der Waals surface area contributed by atoms with Crippen molar-refractivity contribution in [3.8, 4) is 0 Å². The average molecular weight is 174 g/mol. The molecular formula is C7H10O3S. The van der Waals surface area contributed by atoms with Crippen molar-refractivity contribution >= 4 is 23.7 Å². The van der Waals surface area contributed by atoms with E-state index in [9.17, 15) is 9.59 Å². The Morgan fingerprint density at radius 3 is 2.55 bits per heavy atom. The first-order valence-corrected chi connectivity index (χ1v) is 4.44. The molecule has 0 radical (unpaired) electrons. The lowest BCUT2D eigenvalue weighted by Crippen LogP contribution is -2.12. The smallest absolute Gasteiger partial charge is 0.327 e. The number of cyclic esters (lactones) is 2. The normalized spacial score (nSPS) is 24.5. The maximum atomic E-state index is 10.9. The lowest BCUT2D eigenvalue weighted by molar-refractivity contribution is -0.151. The van der Waals surface area contributed by atoms with Crippen LogP contribution >= 0.6 is 11.8 Å². The van der Waals surface area contributed by atoms with Gasteiger partial charge in [-0.1, -0.05) is 13.8 Å². The zero-order valence-electron chi connectivity index (χ0n) is 6.49. The van der Waals surface area contributed by atoms with Gasteiger partial charge in [-0.05, 0) is 5.25 Å². The quantitative estimate of drug-likeness (QED) is 0.462. The monoisotopic (exact) mass is 174 g/mol. The number of hydrogen-bond donors (Lipinski definition) is 0. The van der Waals surface area contributed by atoms with Crippen molar-refractivity contribution < 1.29 is 14.3 Å². The molecule has 0 aliphatic carbocycles. The highest BCUT2D eigenvalue weighted by Crippen LogP contribution is 2.25. The van der Waals surface area contributed by atoms with E-state index in [2.05, 4.69) is 4.74 Å². The van der Waals surface area contributed by atoms with Gasteiger partial charge in [-0.3, -0.25) is 9.59 Å². The van der Waals surface area contributed by atoms with Gasteiger partial charge >= 0.3 is 11.9 Å². The Morgan fingerprint density at radius 1 is 1.55 bits per heavy atom. The lowest BCUT2D eigenvalue weighted by Gasteiger charge is -2.06. The van der Waals surface area contributed by atoms with Crippen LogP contribution in [0.25, 0.3) is 0 Å². The predicted octanol–water partition coefficient (Wildman–Crippen LogP) is 0.970. The molecule has 3 nitrogen and oxygen atoms in total. The van der Waals surface area contributed by atoms with Crippen LogP contribution < -0.4 is 0 Å². The summed E-state index contributed by atoms with van der Waals surface area (Å²) in [6, 6.07) is 0. The maximum Gasteiger partial charge on any atom is 0.327 e. The summed E-state index contributed by atoms with van der Waals surface area (Å²) in [6.45, 7) is 3.97. The van der Waals surface area contributed by atoms with E-state index in [1.165, 1.54) is 11.8 Å². The Labute approximate surface area is 69.5 Å². The Balaban J connectivity index is 2.47. The fourth-order valence-electron chi connectivity index (χ4n) is 0.886. The molecule has 1 rings (SSSR count). The first kappa shape index (κ1) is 8.59. The number of hydrogen-bond acceptors (Lipinski definition) is 4. The second kappa shape index (κ2) is 3.26. The van der Waals surface area contributed by atoms with Gasteiger partial charge in [0.25, 0.3) is 0 Å². The van der Waals surface area contributed by atoms with Gasteiger partial charge in [-0.15, -0.1) is 11.8 Å². The van der Waals surface area contributed by atoms with Crippen LogP contribution in [0.15, 0.2) is 0 Å². The molecule has 1 heterocycles. The molecule has 0 bridgehead atoms. The van der Waals surface area contributed by atoms with Crippen LogP contribution in [-0.2, 0) is 14.3 Å². The van der Waals surface area contributed by atoms with Crippen molar-refractivity contribution in [2.75, 3.05) is 0 Å². The summed E-state index contributed by atoms with van der Waals surface area (Å²) in [6.07, 6.45) is 0.238. The second-order valence-electron chi connectivity index (χ2n) is 2.67. The van der Waals surface area contributed by atoms with Crippen molar-refractivity contribution in [3.05, 3.63) is 0 Å². The molecule has 1 aliphatic heterocycles. The van der Waals surface area contributed by atoms with Gasteiger partial charge in [-0.2, -0.15) is 0 Å². The largest absolute Gasteiger partial charge is 0.392 e. The zero-order chi connectivity index (χ0) is 8.43. The molecule has 1 fully saturated rings. The fraction of sp³-hybridized carbons (Fsp3) is 0.714. The molecule has 0 saturated carbocycles. The van der Waals surface area contributed by atoms with E-state index in [0.717, 1.165) is 0 Å². The number of ether oxygens (including phenoxy) is 1. The topological polar surface area (TPSA) is 43.4 Å². The van der Waals surface area contributed by atoms with E-state index < -0.39 is 5.97 Å². The molecule has 0 aromatic heterocycles. The van der Waals surface area contributed by atoms with Crippen molar-refractivity contribution in [1.82, 2.24) is 0 Å². The number of carbonyl (C=O) groups excluding carboxylic acids is 2. The summed E-state index contributed by atoms with van der Waals surface area (Å²) in [4.78, 5) is 21.4. The first-order valence-electron chi connectivity index (χ1n) is 3.49. The number of rotatable bonds is 2. The van der Waals surface area contributed by atoms with Gasteiger partial charge in [0, 0.05) is 0 Å². The number of esters is 2. The molecule has 11 heavy (non-hydrogen) atoms. The van der Waals surface area contributed by atoms with Crippen molar-refractivity contribution in [1.29, 1.82) is 0 Å². The Kier molecular flexibility index (Phi) is 2.54. The van der Waals surface area contributed by atoms with Crippen LogP contribution in [0.3, 0.4) is 0 Å². The van der Waals surface area contributed by atoms with Gasteiger partial charge in [0.15, 0.2) is 0 Å². The molecule has 1 unspecified atom stereocenters. The molecule has 0 aromatic rings. The van der Waals surface area contributed by atoms with Crippen LogP contribution in [-0.4, -0.2) is 22.4 Å². The van der Waals surface area contributed by atoms with E-state index in [-0.39, 0.29) is 17.6 Å². The maximum absolute atomic E-state index is 10.9. The third-order valence-corrected chi connectivity index (χ3v) is 2.50. The fourth-order valence-corrected chi connectivity index (χ4v) is 1.94. The summed E-state index contributed by atoms with van der Waals surface area (Å²) < 4.78 is 4.38. The molecule has 1 atom stereocenters. The van der Waals surface area contributed by atoms with Crippen molar-refractivity contribution in [3.63, 3.8) is 0 Å². The van der Waals surface area contributed by atoms with Gasteiger partial charge < -0.3 is 4.74 Å². The molecule has 0 aromatic carbocycles. The zero-order valence-corrected chi connectivity index (χ0v) is 7.31. The minimum atomic E-state index is -0.395. The van der Waals surface area contributed by atoms with Crippen LogP contribution in [0.1, 0.15) is 20.3 Å². The molecule has 1 aliphatic rings. The number of thioether (sulfide) groups is 1. The highest BCUT2D eigenvalue weighted by atomic mass is 32.2. The Hall–Kier alpha value is -0.510. The average Bonchev–Trinajstić information content (AvgIpc) is 2.09. The summed E-state index contributed by atoms with van der Waals surface area (Å²) >= 11 is 1.48. The van der Waals surface area contributed by atoms with E-state index in [1.807, 2.05) is 13.8 Å². The van der Waals surface area contributed by atoms with Crippen LogP contribution in [0.5, 0.6) is 0 Å². The minimum absolute atomic E-state index is 0.238. The standard InChI is InChI=1S/C7H10O3S/c1-4(2)11-5-3-6(8)10-7(5)9/h4-5H,3H2,1-2H3. The highest BCUT2D eigenvalue weighted by Gasteiger charge is 2.34. The van der Waals surface area contributed by atoms with Crippen molar-refractivity contribution in [2.45, 2.75) is 30.8 Å². The third kappa shape index (κ3) is 2.22. The van der Waals surface area contributed by atoms with Gasteiger partial charge in [0.2, 0.25) is 0 Å². The van der Waals surface area contributed by atoms with E-state index in [0.29, 0.717) is 5.25 Å². The Bertz CT molecular complexity index is 188. The van der Waals surface area contributed by atoms with Gasteiger partial charge in [-0.25, -0.2) is 0 Å². The van der Waals surface area contributed by atoms with Gasteiger partial charge in [0.05, 0.1) is 6.42 Å². The molecule has 4 heteroatoms. The third-order valence-electron chi connectivity index (χ3n) is 1.27. The molecule has 62 valence electrons. The molecule has 0 amide bonds. The number of carbonyl (C=O) groups is 2. The summed E-state index contributed by atoms with van der Waals surface area (Å²) in [5, 5.41) is 0.0981. The van der Waals surface area contributed by atoms with Crippen LogP contribution in [0, 0.1) is 0 Å². The summed E-state index contributed by atoms with van der Waals surface area (Å²) in [5.41, 5.74) is 0. The van der Waals surface area contributed by atoms with Crippen molar-refractivity contribution in [2.24, 2.45) is 0 Å². The van der Waals surface area contributed by atoms with Gasteiger partial charge in [0.1, 0.15) is 5.25 Å². The van der Waals surface area contributed by atoms with E-state index >= 15 is 0 Å². The lowest BCUT2D eigenvalue weighted by atomic mass is 10.4. The van der Waals surface area contributed by atoms with Crippen LogP contribution in [0.2, 0.25) is 0 Å². The van der Waals surface area contributed by atoms with Crippen LogP contribution in [0.4, 0.5) is 0 Å². The minimum Gasteiger partial charge on any atom is -0.392 e. The second-order valence-corrected chi connectivity index (χ2v) is 4.45. The molecule has 0 N–H and O–H groups in total. The SMILES string of the molecule is CC(C)SC1CC(=O)OC1=O. The van der Waals surface area contributed by atoms with E-state index in [4.69, 9.17) is 0 Å². The Morgan fingerprint density at radius 2 is 2.18 bits per heavy atom. The molecule has 0 spiro atoms. The predicted molar refractivity (Wildman–Crippen MR) is 42.2 cm³/mol. The van der Waals surface area contributed by atoms with E-state index in [1.54, 1.807) is 0 Å². The molecule has 1 saturated heterocycles. The summed E-state index contributed by atoms with van der Waals surface area (Å²) in [5.74, 6) is -0.776.